The average molecular weight is 287 g/mol. The van der Waals surface area contributed by atoms with Crippen molar-refractivity contribution in [3.63, 3.8) is 0 Å². The normalized spacial score (nSPS) is 11.3. The first-order valence-electron chi connectivity index (χ1n) is 6.12. The van der Waals surface area contributed by atoms with Gasteiger partial charge in [-0.05, 0) is 17.4 Å². The van der Waals surface area contributed by atoms with E-state index in [9.17, 15) is 0 Å². The highest BCUT2D eigenvalue weighted by Gasteiger charge is 2.19. The maximum absolute atomic E-state index is 9.10. The first-order chi connectivity index (χ1) is 9.22. The molecule has 3 nitrogen and oxygen atoms in total. The summed E-state index contributed by atoms with van der Waals surface area (Å²) >= 11 is 3.32. The lowest BCUT2D eigenvalue weighted by Crippen LogP contribution is -1.99. The van der Waals surface area contributed by atoms with E-state index in [1.807, 2.05) is 11.4 Å². The number of fused-ring (bicyclic) bond motifs is 1. The van der Waals surface area contributed by atoms with E-state index in [0.717, 1.165) is 21.2 Å². The minimum Gasteiger partial charge on any atom is -0.290 e. The summed E-state index contributed by atoms with van der Waals surface area (Å²) in [6, 6.07) is 6.35. The van der Waals surface area contributed by atoms with Gasteiger partial charge in [0.1, 0.15) is 5.69 Å². The van der Waals surface area contributed by atoms with Crippen LogP contribution in [-0.2, 0) is 6.42 Å². The van der Waals surface area contributed by atoms with Gasteiger partial charge in [-0.1, -0.05) is 19.9 Å². The van der Waals surface area contributed by atoms with Crippen molar-refractivity contribution in [2.75, 3.05) is 0 Å². The van der Waals surface area contributed by atoms with E-state index in [1.54, 1.807) is 22.7 Å². The number of thiophene rings is 1. The highest BCUT2D eigenvalue weighted by molar-refractivity contribution is 7.15. The number of hydrogen-bond donors (Lipinski definition) is 0. The van der Waals surface area contributed by atoms with Gasteiger partial charge in [-0.15, -0.1) is 22.7 Å². The molecule has 0 spiro atoms. The maximum atomic E-state index is 9.10. The molecule has 0 aliphatic rings. The van der Waals surface area contributed by atoms with Crippen molar-refractivity contribution in [3.8, 4) is 16.6 Å². The van der Waals surface area contributed by atoms with Gasteiger partial charge in [-0.2, -0.15) is 5.26 Å². The van der Waals surface area contributed by atoms with Crippen molar-refractivity contribution in [3.05, 3.63) is 34.3 Å². The van der Waals surface area contributed by atoms with Gasteiger partial charge in [0, 0.05) is 11.1 Å². The Morgan fingerprint density at radius 3 is 2.89 bits per heavy atom. The predicted molar refractivity (Wildman–Crippen MR) is 79.8 cm³/mol. The van der Waals surface area contributed by atoms with Crippen LogP contribution in [0.15, 0.2) is 22.9 Å². The van der Waals surface area contributed by atoms with Crippen molar-refractivity contribution < 1.29 is 0 Å². The SMILES string of the molecule is CC(C)c1csc2nc(-c3cccs3)c(CC#N)n12. The fraction of sp³-hybridized carbons (Fsp3) is 0.286. The van der Waals surface area contributed by atoms with Crippen LogP contribution in [0, 0.1) is 11.3 Å². The second-order valence-corrected chi connectivity index (χ2v) is 6.44. The summed E-state index contributed by atoms with van der Waals surface area (Å²) < 4.78 is 2.16. The Hall–Kier alpha value is -1.64. The molecule has 0 aliphatic carbocycles. The number of hydrogen-bond acceptors (Lipinski definition) is 4. The Labute approximate surface area is 119 Å². The fourth-order valence-corrected chi connectivity index (χ4v) is 3.99. The Morgan fingerprint density at radius 2 is 2.26 bits per heavy atom. The molecule has 3 rings (SSSR count). The molecule has 5 heteroatoms. The van der Waals surface area contributed by atoms with Gasteiger partial charge in [-0.25, -0.2) is 4.98 Å². The first-order valence-corrected chi connectivity index (χ1v) is 7.88. The van der Waals surface area contributed by atoms with Crippen molar-refractivity contribution >= 4 is 27.6 Å². The predicted octanol–water partition coefficient (Wildman–Crippen LogP) is 4.31. The molecule has 0 aliphatic heterocycles. The van der Waals surface area contributed by atoms with Gasteiger partial charge in [0.15, 0.2) is 4.96 Å². The number of thiazole rings is 1. The molecule has 0 aromatic carbocycles. The summed E-state index contributed by atoms with van der Waals surface area (Å²) in [5.41, 5.74) is 3.22. The standard InChI is InChI=1S/C14H13N3S2/c1-9(2)11-8-19-14-16-13(12-4-3-7-18-12)10(5-6-15)17(11)14/h3-4,7-9H,5H2,1-2H3. The fourth-order valence-electron chi connectivity index (χ4n) is 2.19. The quantitative estimate of drug-likeness (QED) is 0.720. The number of nitrogens with zero attached hydrogens (tertiary/aromatic N) is 3. The smallest absolute Gasteiger partial charge is 0.194 e. The number of rotatable bonds is 3. The number of nitriles is 1. The Balaban J connectivity index is 2.29. The molecule has 0 radical (unpaired) electrons. The zero-order valence-corrected chi connectivity index (χ0v) is 12.4. The van der Waals surface area contributed by atoms with Gasteiger partial charge in [0.05, 0.1) is 23.1 Å². The van der Waals surface area contributed by atoms with Crippen LogP contribution in [0.5, 0.6) is 0 Å². The topological polar surface area (TPSA) is 41.1 Å². The molecule has 0 bridgehead atoms. The molecule has 0 atom stereocenters. The van der Waals surface area contributed by atoms with E-state index in [4.69, 9.17) is 10.2 Å². The summed E-state index contributed by atoms with van der Waals surface area (Å²) in [4.78, 5) is 6.84. The summed E-state index contributed by atoms with van der Waals surface area (Å²) in [6.07, 6.45) is 0.394. The number of imidazole rings is 1. The zero-order valence-electron chi connectivity index (χ0n) is 10.8. The van der Waals surface area contributed by atoms with E-state index >= 15 is 0 Å². The number of aromatic nitrogens is 2. The van der Waals surface area contributed by atoms with Crippen LogP contribution >= 0.6 is 22.7 Å². The third-order valence-electron chi connectivity index (χ3n) is 3.08. The molecule has 3 heterocycles. The van der Waals surface area contributed by atoms with E-state index in [0.29, 0.717) is 12.3 Å². The van der Waals surface area contributed by atoms with E-state index in [2.05, 4.69) is 35.8 Å². The highest BCUT2D eigenvalue weighted by Crippen LogP contribution is 2.33. The van der Waals surface area contributed by atoms with Crippen LogP contribution in [0.2, 0.25) is 0 Å². The minimum absolute atomic E-state index is 0.394. The second kappa shape index (κ2) is 4.80. The third-order valence-corrected chi connectivity index (χ3v) is 4.80. The van der Waals surface area contributed by atoms with Crippen molar-refractivity contribution in [1.29, 1.82) is 5.26 Å². The van der Waals surface area contributed by atoms with Crippen LogP contribution in [0.4, 0.5) is 0 Å². The largest absolute Gasteiger partial charge is 0.290 e. The van der Waals surface area contributed by atoms with Crippen molar-refractivity contribution in [2.45, 2.75) is 26.2 Å². The van der Waals surface area contributed by atoms with Crippen LogP contribution in [0.1, 0.15) is 31.2 Å². The Kier molecular flexibility index (Phi) is 3.13. The third kappa shape index (κ3) is 1.97. The van der Waals surface area contributed by atoms with Crippen LogP contribution in [-0.4, -0.2) is 9.38 Å². The van der Waals surface area contributed by atoms with E-state index in [1.165, 1.54) is 5.69 Å². The summed E-state index contributed by atoms with van der Waals surface area (Å²) in [6.45, 7) is 4.34. The Morgan fingerprint density at radius 1 is 1.42 bits per heavy atom. The molecule has 0 N–H and O–H groups in total. The summed E-state index contributed by atoms with van der Waals surface area (Å²) in [5.74, 6) is 0.427. The molecule has 3 aromatic heterocycles. The summed E-state index contributed by atoms with van der Waals surface area (Å²) in [5, 5.41) is 13.3. The molecule has 3 aromatic rings. The summed E-state index contributed by atoms with van der Waals surface area (Å²) in [7, 11) is 0. The van der Waals surface area contributed by atoms with E-state index in [-0.39, 0.29) is 0 Å². The lowest BCUT2D eigenvalue weighted by atomic mass is 10.1. The van der Waals surface area contributed by atoms with Crippen LogP contribution < -0.4 is 0 Å². The zero-order chi connectivity index (χ0) is 13.4. The van der Waals surface area contributed by atoms with Crippen molar-refractivity contribution in [2.24, 2.45) is 0 Å². The van der Waals surface area contributed by atoms with Gasteiger partial charge in [0.25, 0.3) is 0 Å². The molecule has 0 amide bonds. The lowest BCUT2D eigenvalue weighted by Gasteiger charge is -2.05. The highest BCUT2D eigenvalue weighted by atomic mass is 32.1. The van der Waals surface area contributed by atoms with Gasteiger partial charge in [0.2, 0.25) is 0 Å². The molecule has 19 heavy (non-hydrogen) atoms. The molecular weight excluding hydrogens is 274 g/mol. The van der Waals surface area contributed by atoms with Crippen molar-refractivity contribution in [1.82, 2.24) is 9.38 Å². The van der Waals surface area contributed by atoms with Crippen LogP contribution in [0.3, 0.4) is 0 Å². The molecule has 0 saturated heterocycles. The minimum atomic E-state index is 0.394. The van der Waals surface area contributed by atoms with E-state index < -0.39 is 0 Å². The Bertz CT molecular complexity index is 742. The maximum Gasteiger partial charge on any atom is 0.194 e. The first kappa shape index (κ1) is 12.4. The molecule has 0 saturated carbocycles. The lowest BCUT2D eigenvalue weighted by molar-refractivity contribution is 0.799. The molecular formula is C14H13N3S2. The average Bonchev–Trinajstić information content (AvgIpc) is 3.04. The van der Waals surface area contributed by atoms with Gasteiger partial charge in [-0.3, -0.25) is 4.40 Å². The monoisotopic (exact) mass is 287 g/mol. The molecule has 96 valence electrons. The van der Waals surface area contributed by atoms with Gasteiger partial charge < -0.3 is 0 Å². The van der Waals surface area contributed by atoms with Gasteiger partial charge >= 0.3 is 0 Å². The molecule has 0 unspecified atom stereocenters. The second-order valence-electron chi connectivity index (χ2n) is 4.65. The molecule has 0 fully saturated rings. The van der Waals surface area contributed by atoms with Crippen LogP contribution in [0.25, 0.3) is 15.5 Å².